The summed E-state index contributed by atoms with van der Waals surface area (Å²) in [6.07, 6.45) is 1.98. The first-order chi connectivity index (χ1) is 9.60. The third kappa shape index (κ3) is 2.60. The summed E-state index contributed by atoms with van der Waals surface area (Å²) in [6, 6.07) is 4.86. The number of aliphatic hydroxyl groups excluding tert-OH is 1. The van der Waals surface area contributed by atoms with E-state index in [-0.39, 0.29) is 17.3 Å². The van der Waals surface area contributed by atoms with Crippen LogP contribution in [0.3, 0.4) is 0 Å². The summed E-state index contributed by atoms with van der Waals surface area (Å²) in [6.45, 7) is 3.74. The maximum Gasteiger partial charge on any atom is 0.126 e. The Morgan fingerprint density at radius 3 is 2.95 bits per heavy atom. The minimum atomic E-state index is -0.560. The van der Waals surface area contributed by atoms with Crippen molar-refractivity contribution in [2.24, 2.45) is 5.92 Å². The fourth-order valence-electron chi connectivity index (χ4n) is 3.32. The molecule has 2 aliphatic rings. The molecule has 3 nitrogen and oxygen atoms in total. The molecule has 0 radical (unpaired) electrons. The van der Waals surface area contributed by atoms with Crippen molar-refractivity contribution in [3.05, 3.63) is 35.1 Å². The normalized spacial score (nSPS) is 31.6. The van der Waals surface area contributed by atoms with Gasteiger partial charge in [-0.3, -0.25) is 0 Å². The van der Waals surface area contributed by atoms with Gasteiger partial charge in [-0.05, 0) is 42.9 Å². The number of hydrogen-bond donors (Lipinski definition) is 1. The minimum absolute atomic E-state index is 0.148. The number of rotatable bonds is 2. The molecule has 0 saturated carbocycles. The third-order valence-electron chi connectivity index (χ3n) is 4.57. The van der Waals surface area contributed by atoms with Gasteiger partial charge in [0.1, 0.15) is 5.82 Å². The summed E-state index contributed by atoms with van der Waals surface area (Å²) >= 11 is 0. The third-order valence-corrected chi connectivity index (χ3v) is 4.57. The van der Waals surface area contributed by atoms with Crippen LogP contribution in [0.4, 0.5) is 4.39 Å². The lowest BCUT2D eigenvalue weighted by Crippen LogP contribution is -2.41. The molecule has 1 spiro atoms. The molecular formula is C16H21FO3. The maximum absolute atomic E-state index is 13.3. The average Bonchev–Trinajstić information content (AvgIpc) is 2.89. The van der Waals surface area contributed by atoms with Crippen molar-refractivity contribution in [2.45, 2.75) is 37.9 Å². The maximum atomic E-state index is 13.3. The van der Waals surface area contributed by atoms with E-state index in [1.54, 1.807) is 19.1 Å². The number of benzene rings is 1. The first-order valence-electron chi connectivity index (χ1n) is 7.25. The molecule has 1 N–H and O–H groups in total. The Morgan fingerprint density at radius 2 is 2.25 bits per heavy atom. The van der Waals surface area contributed by atoms with Crippen LogP contribution >= 0.6 is 0 Å². The van der Waals surface area contributed by atoms with E-state index in [2.05, 4.69) is 0 Å². The summed E-state index contributed by atoms with van der Waals surface area (Å²) in [5, 5.41) is 10.6. The van der Waals surface area contributed by atoms with Crippen molar-refractivity contribution in [2.75, 3.05) is 19.8 Å². The van der Waals surface area contributed by atoms with Crippen LogP contribution < -0.4 is 0 Å². The van der Waals surface area contributed by atoms with Gasteiger partial charge in [0.2, 0.25) is 0 Å². The molecule has 0 aliphatic carbocycles. The quantitative estimate of drug-likeness (QED) is 0.905. The topological polar surface area (TPSA) is 38.7 Å². The Labute approximate surface area is 118 Å². The molecule has 1 aromatic carbocycles. The van der Waals surface area contributed by atoms with Crippen LogP contribution in [0.1, 0.15) is 36.5 Å². The largest absolute Gasteiger partial charge is 0.388 e. The van der Waals surface area contributed by atoms with Gasteiger partial charge in [-0.15, -0.1) is 0 Å². The van der Waals surface area contributed by atoms with Crippen LogP contribution in [-0.2, 0) is 9.47 Å². The molecule has 4 heteroatoms. The lowest BCUT2D eigenvalue weighted by atomic mass is 9.80. The summed E-state index contributed by atoms with van der Waals surface area (Å²) in [5.41, 5.74) is 1.16. The summed E-state index contributed by atoms with van der Waals surface area (Å²) in [4.78, 5) is 0. The van der Waals surface area contributed by atoms with Gasteiger partial charge in [0.05, 0.1) is 18.3 Å². The predicted molar refractivity (Wildman–Crippen MR) is 72.9 cm³/mol. The monoisotopic (exact) mass is 280 g/mol. The van der Waals surface area contributed by atoms with Gasteiger partial charge < -0.3 is 14.6 Å². The molecule has 3 unspecified atom stereocenters. The zero-order valence-electron chi connectivity index (χ0n) is 11.8. The van der Waals surface area contributed by atoms with E-state index in [9.17, 15) is 9.50 Å². The standard InChI is InChI=1S/C16H21FO3/c1-11-8-12(2-3-14(11)17)15(18)13-4-6-20-16(9-13)5-7-19-10-16/h2-3,8,13,15,18H,4-7,9-10H2,1H3. The van der Waals surface area contributed by atoms with Crippen molar-refractivity contribution in [3.63, 3.8) is 0 Å². The molecule has 2 heterocycles. The van der Waals surface area contributed by atoms with Gasteiger partial charge >= 0.3 is 0 Å². The van der Waals surface area contributed by atoms with E-state index in [0.29, 0.717) is 18.8 Å². The van der Waals surface area contributed by atoms with E-state index in [1.807, 2.05) is 0 Å². The van der Waals surface area contributed by atoms with E-state index in [0.717, 1.165) is 31.4 Å². The first kappa shape index (κ1) is 14.0. The van der Waals surface area contributed by atoms with Crippen molar-refractivity contribution in [1.29, 1.82) is 0 Å². The van der Waals surface area contributed by atoms with Crippen LogP contribution in [0.5, 0.6) is 0 Å². The van der Waals surface area contributed by atoms with Gasteiger partial charge in [0, 0.05) is 19.6 Å². The Morgan fingerprint density at radius 1 is 1.40 bits per heavy atom. The van der Waals surface area contributed by atoms with Crippen molar-refractivity contribution >= 4 is 0 Å². The van der Waals surface area contributed by atoms with Crippen LogP contribution in [0.25, 0.3) is 0 Å². The lowest BCUT2D eigenvalue weighted by molar-refractivity contribution is -0.117. The number of aliphatic hydroxyl groups is 1. The molecule has 3 rings (SSSR count). The van der Waals surface area contributed by atoms with E-state index >= 15 is 0 Å². The molecule has 1 aromatic rings. The molecule has 3 atom stereocenters. The highest BCUT2D eigenvalue weighted by Gasteiger charge is 2.42. The summed E-state index contributed by atoms with van der Waals surface area (Å²) in [7, 11) is 0. The summed E-state index contributed by atoms with van der Waals surface area (Å²) in [5.74, 6) is -0.0797. The zero-order valence-corrected chi connectivity index (χ0v) is 11.8. The number of halogens is 1. The molecule has 110 valence electrons. The van der Waals surface area contributed by atoms with Gasteiger partial charge in [0.15, 0.2) is 0 Å². The Bertz CT molecular complexity index is 483. The second-order valence-electron chi connectivity index (χ2n) is 6.04. The van der Waals surface area contributed by atoms with E-state index < -0.39 is 6.10 Å². The first-order valence-corrected chi connectivity index (χ1v) is 7.25. The summed E-state index contributed by atoms with van der Waals surface area (Å²) < 4.78 is 24.7. The molecule has 2 fully saturated rings. The fraction of sp³-hybridized carbons (Fsp3) is 0.625. The highest BCUT2D eigenvalue weighted by atomic mass is 19.1. The Hall–Kier alpha value is -0.970. The van der Waals surface area contributed by atoms with E-state index in [4.69, 9.17) is 9.47 Å². The Kier molecular flexibility index (Phi) is 3.80. The second-order valence-corrected chi connectivity index (χ2v) is 6.04. The number of aryl methyl sites for hydroxylation is 1. The SMILES string of the molecule is Cc1cc(C(O)C2CCOC3(CCOC3)C2)ccc1F. The van der Waals surface area contributed by atoms with Gasteiger partial charge in [-0.25, -0.2) is 4.39 Å². The highest BCUT2D eigenvalue weighted by molar-refractivity contribution is 5.26. The van der Waals surface area contributed by atoms with Crippen LogP contribution in [-0.4, -0.2) is 30.5 Å². The van der Waals surface area contributed by atoms with Crippen molar-refractivity contribution in [3.8, 4) is 0 Å². The molecule has 2 saturated heterocycles. The molecule has 0 amide bonds. The molecule has 2 aliphatic heterocycles. The number of hydrogen-bond acceptors (Lipinski definition) is 3. The van der Waals surface area contributed by atoms with Crippen molar-refractivity contribution < 1.29 is 19.0 Å². The molecular weight excluding hydrogens is 259 g/mol. The van der Waals surface area contributed by atoms with Gasteiger partial charge in [-0.2, -0.15) is 0 Å². The number of ether oxygens (including phenoxy) is 2. The predicted octanol–water partition coefficient (Wildman–Crippen LogP) is 2.75. The fourth-order valence-corrected chi connectivity index (χ4v) is 3.32. The van der Waals surface area contributed by atoms with Crippen LogP contribution in [0, 0.1) is 18.7 Å². The molecule has 20 heavy (non-hydrogen) atoms. The lowest BCUT2D eigenvalue weighted by Gasteiger charge is -2.39. The van der Waals surface area contributed by atoms with Crippen molar-refractivity contribution in [1.82, 2.24) is 0 Å². The smallest absolute Gasteiger partial charge is 0.126 e. The van der Waals surface area contributed by atoms with Gasteiger partial charge in [-0.1, -0.05) is 12.1 Å². The second kappa shape index (κ2) is 5.43. The van der Waals surface area contributed by atoms with E-state index in [1.165, 1.54) is 6.07 Å². The van der Waals surface area contributed by atoms with Crippen LogP contribution in [0.15, 0.2) is 18.2 Å². The van der Waals surface area contributed by atoms with Gasteiger partial charge in [0.25, 0.3) is 0 Å². The zero-order chi connectivity index (χ0) is 14.2. The minimum Gasteiger partial charge on any atom is -0.388 e. The average molecular weight is 280 g/mol. The molecule has 0 aromatic heterocycles. The highest BCUT2D eigenvalue weighted by Crippen LogP contribution is 2.41. The molecule has 0 bridgehead atoms. The Balaban J connectivity index is 1.75. The van der Waals surface area contributed by atoms with Crippen LogP contribution in [0.2, 0.25) is 0 Å².